The number of alkyl halides is 3. The smallest absolute Gasteiger partial charge is 0.481 e. The molecule has 1 atom stereocenters. The standard InChI is InChI=1S/C20H20N4O9S.C2HF3O2/c21-17(22)10-1-3-11(4-2-10)33-19(31)14-6-5-12(34-14)8-24(9-16(27)28)20(32)23-13(18(29)30)7-15(25)26;3-2(4,5)1(6)7/h1-6,13H,7-9H2,(H3,21,22)(H,23,32)(H,25,26)(H,27,28)(H,29,30);(H,6,7)/t13-;/m0./s1. The highest BCUT2D eigenvalue weighted by Gasteiger charge is 2.38. The number of aliphatic carboxylic acids is 4. The minimum Gasteiger partial charge on any atom is -0.481 e. The van der Waals surface area contributed by atoms with E-state index in [4.69, 9.17) is 41.1 Å². The van der Waals surface area contributed by atoms with Crippen LogP contribution in [0.1, 0.15) is 26.5 Å². The molecule has 0 saturated carbocycles. The van der Waals surface area contributed by atoms with Crippen molar-refractivity contribution in [2.75, 3.05) is 6.54 Å². The first-order valence-electron chi connectivity index (χ1n) is 10.7. The van der Waals surface area contributed by atoms with E-state index in [0.29, 0.717) is 10.4 Å². The van der Waals surface area contributed by atoms with E-state index < -0.39 is 61.1 Å². The van der Waals surface area contributed by atoms with Crippen molar-refractivity contribution in [3.8, 4) is 5.75 Å². The van der Waals surface area contributed by atoms with Gasteiger partial charge in [-0.15, -0.1) is 11.3 Å². The number of halogens is 3. The second-order valence-corrected chi connectivity index (χ2v) is 8.75. The molecule has 2 aromatic rings. The number of rotatable bonds is 11. The monoisotopic (exact) mass is 606 g/mol. The van der Waals surface area contributed by atoms with Crippen molar-refractivity contribution in [1.82, 2.24) is 10.2 Å². The van der Waals surface area contributed by atoms with Gasteiger partial charge in [-0.2, -0.15) is 13.2 Å². The molecule has 0 aliphatic rings. The average Bonchev–Trinajstić information content (AvgIpc) is 3.31. The van der Waals surface area contributed by atoms with Gasteiger partial charge in [0.1, 0.15) is 29.0 Å². The van der Waals surface area contributed by atoms with Crippen LogP contribution in [0.4, 0.5) is 18.0 Å². The maximum atomic E-state index is 12.4. The molecule has 0 radical (unpaired) electrons. The Hall–Kier alpha value is -5.20. The van der Waals surface area contributed by atoms with E-state index in [1.807, 2.05) is 5.32 Å². The lowest BCUT2D eigenvalue weighted by Crippen LogP contribution is -2.49. The summed E-state index contributed by atoms with van der Waals surface area (Å²) in [7, 11) is 0. The fourth-order valence-electron chi connectivity index (χ4n) is 2.60. The molecule has 1 heterocycles. The average molecular weight is 606 g/mol. The van der Waals surface area contributed by atoms with E-state index in [1.165, 1.54) is 36.4 Å². The Bertz CT molecular complexity index is 1310. The summed E-state index contributed by atoms with van der Waals surface area (Å²) in [5.41, 5.74) is 5.81. The summed E-state index contributed by atoms with van der Waals surface area (Å²) in [6.45, 7) is -1.09. The highest BCUT2D eigenvalue weighted by Crippen LogP contribution is 2.21. The first kappa shape index (κ1) is 33.8. The number of nitrogen functional groups attached to an aromatic ring is 1. The predicted molar refractivity (Wildman–Crippen MR) is 131 cm³/mol. The Balaban J connectivity index is 0.00000106. The largest absolute Gasteiger partial charge is 0.490 e. The van der Waals surface area contributed by atoms with Crippen LogP contribution in [0.25, 0.3) is 0 Å². The number of amides is 2. The highest BCUT2D eigenvalue weighted by molar-refractivity contribution is 7.13. The molecule has 15 nitrogen and oxygen atoms in total. The molecule has 0 unspecified atom stereocenters. The number of carbonyl (C=O) groups is 6. The number of nitrogens with two attached hydrogens (primary N) is 1. The van der Waals surface area contributed by atoms with Crippen LogP contribution in [0.3, 0.4) is 0 Å². The van der Waals surface area contributed by atoms with E-state index in [0.717, 1.165) is 16.2 Å². The van der Waals surface area contributed by atoms with Crippen LogP contribution < -0.4 is 15.8 Å². The quantitative estimate of drug-likeness (QED) is 0.0829. The topological polar surface area (TPSA) is 258 Å². The van der Waals surface area contributed by atoms with Crippen LogP contribution in [0.2, 0.25) is 0 Å². The van der Waals surface area contributed by atoms with Crippen molar-refractivity contribution in [1.29, 1.82) is 5.41 Å². The van der Waals surface area contributed by atoms with Crippen LogP contribution in [0.5, 0.6) is 5.75 Å². The third-order valence-corrected chi connectivity index (χ3v) is 5.47. The van der Waals surface area contributed by atoms with E-state index in [1.54, 1.807) is 0 Å². The maximum absolute atomic E-state index is 12.4. The van der Waals surface area contributed by atoms with E-state index in [2.05, 4.69) is 0 Å². The molecule has 0 saturated heterocycles. The number of amidine groups is 1. The van der Waals surface area contributed by atoms with Gasteiger partial charge in [-0.05, 0) is 36.4 Å². The first-order chi connectivity index (χ1) is 18.9. The summed E-state index contributed by atoms with van der Waals surface area (Å²) >= 11 is 0.923. The molecule has 0 fully saturated rings. The fourth-order valence-corrected chi connectivity index (χ4v) is 3.50. The number of hydrogen-bond donors (Lipinski definition) is 7. The molecule has 0 aliphatic heterocycles. The molecule has 1 aromatic heterocycles. The predicted octanol–water partition coefficient (Wildman–Crippen LogP) is 1.41. The zero-order chi connectivity index (χ0) is 31.5. The van der Waals surface area contributed by atoms with E-state index in [9.17, 15) is 37.1 Å². The second-order valence-electron chi connectivity index (χ2n) is 7.58. The van der Waals surface area contributed by atoms with Gasteiger partial charge in [0, 0.05) is 10.4 Å². The summed E-state index contributed by atoms with van der Waals surface area (Å²) < 4.78 is 37.0. The van der Waals surface area contributed by atoms with Crippen molar-refractivity contribution in [3.63, 3.8) is 0 Å². The molecule has 2 amide bonds. The summed E-state index contributed by atoms with van der Waals surface area (Å²) in [4.78, 5) is 68.1. The van der Waals surface area contributed by atoms with Crippen molar-refractivity contribution in [2.24, 2.45) is 5.73 Å². The number of nitrogens with zero attached hydrogens (tertiary/aromatic N) is 1. The van der Waals surface area contributed by atoms with Gasteiger partial charge in [0.05, 0.1) is 13.0 Å². The van der Waals surface area contributed by atoms with Gasteiger partial charge in [0.15, 0.2) is 0 Å². The SMILES string of the molecule is N=C(N)c1ccc(OC(=O)c2ccc(CN(CC(=O)O)C(=O)N[C@@H](CC(=O)O)C(=O)O)s2)cc1.O=C(O)C(F)(F)F. The molecular formula is C22H21F3N4O11S. The zero-order valence-electron chi connectivity index (χ0n) is 20.4. The minimum atomic E-state index is -5.08. The molecule has 222 valence electrons. The molecule has 0 spiro atoms. The van der Waals surface area contributed by atoms with Gasteiger partial charge >= 0.3 is 42.1 Å². The lowest BCUT2D eigenvalue weighted by atomic mass is 10.2. The normalized spacial score (nSPS) is 11.2. The van der Waals surface area contributed by atoms with Gasteiger partial charge in [0.2, 0.25) is 0 Å². The van der Waals surface area contributed by atoms with Crippen LogP contribution in [0, 0.1) is 5.41 Å². The Morgan fingerprint density at radius 2 is 1.54 bits per heavy atom. The Kier molecular flexibility index (Phi) is 12.2. The zero-order valence-corrected chi connectivity index (χ0v) is 21.2. The van der Waals surface area contributed by atoms with Gasteiger partial charge < -0.3 is 41.1 Å². The summed E-state index contributed by atoms with van der Waals surface area (Å²) in [6.07, 6.45) is -5.98. The van der Waals surface area contributed by atoms with Gasteiger partial charge in [-0.3, -0.25) is 15.0 Å². The van der Waals surface area contributed by atoms with Crippen molar-refractivity contribution >= 4 is 53.1 Å². The van der Waals surface area contributed by atoms with Gasteiger partial charge in [-0.25, -0.2) is 19.2 Å². The number of ether oxygens (including phenoxy) is 1. The van der Waals surface area contributed by atoms with Crippen LogP contribution in [-0.4, -0.2) is 85.8 Å². The van der Waals surface area contributed by atoms with Crippen molar-refractivity contribution in [2.45, 2.75) is 25.2 Å². The number of esters is 1. The van der Waals surface area contributed by atoms with Crippen molar-refractivity contribution < 1.29 is 67.1 Å². The first-order valence-corrected chi connectivity index (χ1v) is 11.5. The third kappa shape index (κ3) is 12.0. The van der Waals surface area contributed by atoms with Crippen molar-refractivity contribution in [3.05, 3.63) is 51.7 Å². The number of urea groups is 1. The third-order valence-electron chi connectivity index (χ3n) is 4.42. The Morgan fingerprint density at radius 3 is 1.98 bits per heavy atom. The highest BCUT2D eigenvalue weighted by atomic mass is 32.1. The lowest BCUT2D eigenvalue weighted by Gasteiger charge is -2.22. The molecule has 2 rings (SSSR count). The molecule has 19 heteroatoms. The second kappa shape index (κ2) is 14.8. The number of carbonyl (C=O) groups excluding carboxylic acids is 2. The lowest BCUT2D eigenvalue weighted by molar-refractivity contribution is -0.192. The van der Waals surface area contributed by atoms with Gasteiger partial charge in [0.25, 0.3) is 0 Å². The maximum Gasteiger partial charge on any atom is 0.490 e. The van der Waals surface area contributed by atoms with Gasteiger partial charge in [-0.1, -0.05) is 0 Å². The minimum absolute atomic E-state index is 0.145. The Morgan fingerprint density at radius 1 is 0.976 bits per heavy atom. The molecular weight excluding hydrogens is 585 g/mol. The number of thiophene rings is 1. The Labute approximate surface area is 231 Å². The summed E-state index contributed by atoms with van der Waals surface area (Å²) in [5.74, 6) is -7.85. The number of hydrogen-bond acceptors (Lipinski definition) is 9. The number of carboxylic acids is 4. The van der Waals surface area contributed by atoms with E-state index >= 15 is 0 Å². The van der Waals surface area contributed by atoms with E-state index in [-0.39, 0.29) is 23.0 Å². The summed E-state index contributed by atoms with van der Waals surface area (Å²) in [5, 5.41) is 43.4. The molecule has 0 bridgehead atoms. The summed E-state index contributed by atoms with van der Waals surface area (Å²) in [6, 6.07) is 5.94. The van der Waals surface area contributed by atoms with Crippen LogP contribution in [0.15, 0.2) is 36.4 Å². The van der Waals surface area contributed by atoms with Crippen LogP contribution in [-0.2, 0) is 25.7 Å². The van der Waals surface area contributed by atoms with Crippen LogP contribution >= 0.6 is 11.3 Å². The number of carboxylic acid groups (broad SMARTS) is 4. The number of benzene rings is 1. The molecule has 0 aliphatic carbocycles. The molecule has 41 heavy (non-hydrogen) atoms. The molecule has 8 N–H and O–H groups in total. The molecule has 1 aromatic carbocycles. The fraction of sp³-hybridized carbons (Fsp3) is 0.227. The number of nitrogens with one attached hydrogen (secondary N) is 2.